The van der Waals surface area contributed by atoms with Gasteiger partial charge in [0, 0.05) is 31.2 Å². The minimum Gasteiger partial charge on any atom is -0.399 e. The standard InChI is InChI=1S/C17H25N3O/c18-16-6-2-1-5-14(16)7-8-17(21)20-12-9-15(13-20)19-10-3-4-11-19/h1-2,5-6,15H,3-4,7-13,18H2. The Balaban J connectivity index is 1.49. The van der Waals surface area contributed by atoms with Crippen molar-refractivity contribution in [3.05, 3.63) is 29.8 Å². The molecule has 1 aromatic rings. The Labute approximate surface area is 126 Å². The van der Waals surface area contributed by atoms with Crippen LogP contribution >= 0.6 is 0 Å². The van der Waals surface area contributed by atoms with E-state index in [4.69, 9.17) is 5.73 Å². The Morgan fingerprint density at radius 2 is 1.95 bits per heavy atom. The Hall–Kier alpha value is -1.55. The lowest BCUT2D eigenvalue weighted by molar-refractivity contribution is -0.130. The zero-order chi connectivity index (χ0) is 14.7. The van der Waals surface area contributed by atoms with Crippen molar-refractivity contribution in [1.29, 1.82) is 0 Å². The van der Waals surface area contributed by atoms with Gasteiger partial charge in [0.05, 0.1) is 0 Å². The summed E-state index contributed by atoms with van der Waals surface area (Å²) in [5, 5.41) is 0. The number of likely N-dealkylation sites (tertiary alicyclic amines) is 2. The number of amides is 1. The van der Waals surface area contributed by atoms with Gasteiger partial charge in [0.25, 0.3) is 0 Å². The first-order valence-corrected chi connectivity index (χ1v) is 8.09. The Bertz CT molecular complexity index is 497. The number of anilines is 1. The van der Waals surface area contributed by atoms with Crippen LogP contribution < -0.4 is 5.73 Å². The van der Waals surface area contributed by atoms with Gasteiger partial charge in [-0.25, -0.2) is 0 Å². The Kier molecular flexibility index (Phi) is 4.44. The smallest absolute Gasteiger partial charge is 0.222 e. The molecule has 0 aliphatic carbocycles. The third-order valence-corrected chi connectivity index (χ3v) is 4.84. The predicted octanol–water partition coefficient (Wildman–Crippen LogP) is 1.90. The largest absolute Gasteiger partial charge is 0.399 e. The summed E-state index contributed by atoms with van der Waals surface area (Å²) in [7, 11) is 0. The molecule has 0 bridgehead atoms. The van der Waals surface area contributed by atoms with Crippen molar-refractivity contribution in [2.75, 3.05) is 31.9 Å². The zero-order valence-electron chi connectivity index (χ0n) is 12.6. The molecular weight excluding hydrogens is 262 g/mol. The fraction of sp³-hybridized carbons (Fsp3) is 0.588. The number of nitrogens with two attached hydrogens (primary N) is 1. The number of para-hydroxylation sites is 1. The van der Waals surface area contributed by atoms with E-state index in [2.05, 4.69) is 4.90 Å². The molecule has 1 unspecified atom stereocenters. The minimum atomic E-state index is 0.278. The first-order valence-electron chi connectivity index (χ1n) is 8.09. The van der Waals surface area contributed by atoms with Gasteiger partial charge in [-0.05, 0) is 50.4 Å². The molecule has 4 heteroatoms. The maximum absolute atomic E-state index is 12.4. The van der Waals surface area contributed by atoms with Crippen LogP contribution in [0.3, 0.4) is 0 Å². The normalized spacial score (nSPS) is 22.9. The Morgan fingerprint density at radius 1 is 1.19 bits per heavy atom. The molecule has 2 aliphatic rings. The molecule has 114 valence electrons. The molecule has 2 saturated heterocycles. The van der Waals surface area contributed by atoms with Gasteiger partial charge in [0.1, 0.15) is 0 Å². The van der Waals surface area contributed by atoms with E-state index in [0.717, 1.165) is 37.2 Å². The molecule has 4 nitrogen and oxygen atoms in total. The van der Waals surface area contributed by atoms with Crippen LogP contribution in [0, 0.1) is 0 Å². The van der Waals surface area contributed by atoms with Gasteiger partial charge >= 0.3 is 0 Å². The topological polar surface area (TPSA) is 49.6 Å². The van der Waals surface area contributed by atoms with Crippen LogP contribution in [0.25, 0.3) is 0 Å². The number of benzene rings is 1. The number of carbonyl (C=O) groups excluding carboxylic acids is 1. The maximum atomic E-state index is 12.4. The third-order valence-electron chi connectivity index (χ3n) is 4.84. The summed E-state index contributed by atoms with van der Waals surface area (Å²) >= 11 is 0. The summed E-state index contributed by atoms with van der Waals surface area (Å²) < 4.78 is 0. The highest BCUT2D eigenvalue weighted by atomic mass is 16.2. The lowest BCUT2D eigenvalue weighted by atomic mass is 10.1. The summed E-state index contributed by atoms with van der Waals surface area (Å²) in [4.78, 5) is 17.0. The third kappa shape index (κ3) is 3.38. The van der Waals surface area contributed by atoms with Crippen molar-refractivity contribution < 1.29 is 4.79 Å². The van der Waals surface area contributed by atoms with Crippen LogP contribution in [0.1, 0.15) is 31.2 Å². The van der Waals surface area contributed by atoms with E-state index < -0.39 is 0 Å². The molecule has 2 N–H and O–H groups in total. The predicted molar refractivity (Wildman–Crippen MR) is 85.0 cm³/mol. The maximum Gasteiger partial charge on any atom is 0.222 e. The summed E-state index contributed by atoms with van der Waals surface area (Å²) in [5.41, 5.74) is 7.81. The molecule has 2 aliphatic heterocycles. The van der Waals surface area contributed by atoms with Crippen molar-refractivity contribution in [3.8, 4) is 0 Å². The second kappa shape index (κ2) is 6.48. The van der Waals surface area contributed by atoms with Gasteiger partial charge in [-0.2, -0.15) is 0 Å². The average Bonchev–Trinajstić information content (AvgIpc) is 3.16. The van der Waals surface area contributed by atoms with Gasteiger partial charge in [0.15, 0.2) is 0 Å². The highest BCUT2D eigenvalue weighted by Crippen LogP contribution is 2.21. The van der Waals surface area contributed by atoms with Crippen LogP contribution in [0.5, 0.6) is 0 Å². The van der Waals surface area contributed by atoms with Crippen molar-refractivity contribution in [1.82, 2.24) is 9.80 Å². The van der Waals surface area contributed by atoms with Crippen LogP contribution in [0.4, 0.5) is 5.69 Å². The van der Waals surface area contributed by atoms with Crippen LogP contribution in [0.15, 0.2) is 24.3 Å². The van der Waals surface area contributed by atoms with E-state index in [0.29, 0.717) is 12.5 Å². The average molecular weight is 287 g/mol. The number of hydrogen-bond acceptors (Lipinski definition) is 3. The molecule has 0 spiro atoms. The van der Waals surface area contributed by atoms with Crippen LogP contribution in [-0.2, 0) is 11.2 Å². The van der Waals surface area contributed by atoms with Crippen molar-refractivity contribution >= 4 is 11.6 Å². The van der Waals surface area contributed by atoms with E-state index >= 15 is 0 Å². The summed E-state index contributed by atoms with van der Waals surface area (Å²) in [6.45, 7) is 4.27. The molecule has 0 radical (unpaired) electrons. The van der Waals surface area contributed by atoms with Crippen molar-refractivity contribution in [3.63, 3.8) is 0 Å². The quantitative estimate of drug-likeness (QED) is 0.861. The first-order chi connectivity index (χ1) is 10.2. The summed E-state index contributed by atoms with van der Waals surface area (Å²) in [5.74, 6) is 0.278. The Morgan fingerprint density at radius 3 is 2.71 bits per heavy atom. The fourth-order valence-corrected chi connectivity index (χ4v) is 3.53. The summed E-state index contributed by atoms with van der Waals surface area (Å²) in [6.07, 6.45) is 5.09. The zero-order valence-corrected chi connectivity index (χ0v) is 12.6. The molecule has 1 atom stereocenters. The molecular formula is C17H25N3O. The first kappa shape index (κ1) is 14.4. The van der Waals surface area contributed by atoms with Gasteiger partial charge < -0.3 is 10.6 Å². The lowest BCUT2D eigenvalue weighted by Crippen LogP contribution is -2.37. The lowest BCUT2D eigenvalue weighted by Gasteiger charge is -2.23. The monoisotopic (exact) mass is 287 g/mol. The number of nitrogen functional groups attached to an aromatic ring is 1. The molecule has 0 saturated carbocycles. The fourth-order valence-electron chi connectivity index (χ4n) is 3.53. The second-order valence-electron chi connectivity index (χ2n) is 6.22. The van der Waals surface area contributed by atoms with Gasteiger partial charge in [0.2, 0.25) is 5.91 Å². The van der Waals surface area contributed by atoms with Crippen LogP contribution in [0.2, 0.25) is 0 Å². The molecule has 2 fully saturated rings. The molecule has 0 aromatic heterocycles. The molecule has 1 amide bonds. The number of rotatable bonds is 4. The molecule has 3 rings (SSSR count). The van der Waals surface area contributed by atoms with E-state index in [1.54, 1.807) is 0 Å². The minimum absolute atomic E-state index is 0.278. The number of hydrogen-bond donors (Lipinski definition) is 1. The van der Waals surface area contributed by atoms with E-state index in [1.165, 1.54) is 25.9 Å². The molecule has 21 heavy (non-hydrogen) atoms. The highest BCUT2D eigenvalue weighted by Gasteiger charge is 2.31. The number of nitrogens with zero attached hydrogens (tertiary/aromatic N) is 2. The summed E-state index contributed by atoms with van der Waals surface area (Å²) in [6, 6.07) is 8.42. The van der Waals surface area contributed by atoms with Crippen molar-refractivity contribution in [2.45, 2.75) is 38.1 Å². The second-order valence-corrected chi connectivity index (χ2v) is 6.22. The van der Waals surface area contributed by atoms with Gasteiger partial charge in [-0.1, -0.05) is 18.2 Å². The molecule has 1 aromatic carbocycles. The van der Waals surface area contributed by atoms with E-state index in [1.807, 2.05) is 29.2 Å². The number of carbonyl (C=O) groups is 1. The van der Waals surface area contributed by atoms with E-state index in [-0.39, 0.29) is 5.91 Å². The van der Waals surface area contributed by atoms with Crippen LogP contribution in [-0.4, -0.2) is 47.9 Å². The number of aryl methyl sites for hydroxylation is 1. The highest BCUT2D eigenvalue weighted by molar-refractivity contribution is 5.77. The van der Waals surface area contributed by atoms with Crippen molar-refractivity contribution in [2.24, 2.45) is 0 Å². The SMILES string of the molecule is Nc1ccccc1CCC(=O)N1CCC(N2CCCC2)C1. The van der Waals surface area contributed by atoms with Gasteiger partial charge in [-0.3, -0.25) is 9.69 Å². The molecule has 2 heterocycles. The van der Waals surface area contributed by atoms with Gasteiger partial charge in [-0.15, -0.1) is 0 Å². The van der Waals surface area contributed by atoms with E-state index in [9.17, 15) is 4.79 Å².